The lowest BCUT2D eigenvalue weighted by Crippen LogP contribution is -2.15. The average molecular weight is 312 g/mol. The van der Waals surface area contributed by atoms with Crippen LogP contribution in [0.3, 0.4) is 0 Å². The highest BCUT2D eigenvalue weighted by Crippen LogP contribution is 2.24. The maximum atomic E-state index is 12.0. The summed E-state index contributed by atoms with van der Waals surface area (Å²) in [6.07, 6.45) is 2.49. The fourth-order valence-electron chi connectivity index (χ4n) is 2.29. The summed E-state index contributed by atoms with van der Waals surface area (Å²) in [4.78, 5) is 14.1. The maximum Gasteiger partial charge on any atom is 0.357 e. The van der Waals surface area contributed by atoms with Crippen LogP contribution in [0.4, 0.5) is 5.69 Å². The minimum Gasteiger partial charge on any atom is -0.464 e. The smallest absolute Gasteiger partial charge is 0.357 e. The van der Waals surface area contributed by atoms with Crippen molar-refractivity contribution < 1.29 is 9.53 Å². The number of aromatic nitrogens is 1. The van der Waals surface area contributed by atoms with Crippen LogP contribution in [-0.2, 0) is 11.2 Å². The van der Waals surface area contributed by atoms with Crippen molar-refractivity contribution in [3.8, 4) is 11.8 Å². The molecule has 0 radical (unpaired) electrons. The van der Waals surface area contributed by atoms with Crippen LogP contribution in [0.25, 0.3) is 5.69 Å². The van der Waals surface area contributed by atoms with Crippen molar-refractivity contribution in [1.82, 2.24) is 9.47 Å². The van der Waals surface area contributed by atoms with E-state index < -0.39 is 5.97 Å². The van der Waals surface area contributed by atoms with Crippen molar-refractivity contribution in [3.63, 3.8) is 0 Å². The monoisotopic (exact) mass is 312 g/mol. The molecule has 1 heterocycles. The first-order valence-electron chi connectivity index (χ1n) is 7.21. The Hall–Kier alpha value is -2.78. The number of nitrogens with zero attached hydrogens (tertiary/aromatic N) is 3. The van der Waals surface area contributed by atoms with Gasteiger partial charge in [0.2, 0.25) is 0 Å². The number of anilines is 1. The second-order valence-electron chi connectivity index (χ2n) is 5.50. The van der Waals surface area contributed by atoms with Crippen molar-refractivity contribution in [2.24, 2.45) is 0 Å². The largest absolute Gasteiger partial charge is 0.464 e. The Kier molecular flexibility index (Phi) is 5.04. The van der Waals surface area contributed by atoms with E-state index in [9.17, 15) is 4.79 Å². The predicted molar refractivity (Wildman–Crippen MR) is 88.5 cm³/mol. The summed E-state index contributed by atoms with van der Waals surface area (Å²) in [7, 11) is 5.35. The molecule has 120 valence electrons. The number of nitrogens with two attached hydrogens (primary N) is 1. The molecule has 0 aliphatic heterocycles. The van der Waals surface area contributed by atoms with Gasteiger partial charge in [0.15, 0.2) is 5.69 Å². The number of esters is 1. The number of benzene rings is 1. The molecule has 2 N–H and O–H groups in total. The van der Waals surface area contributed by atoms with Gasteiger partial charge in [-0.1, -0.05) is 12.1 Å². The number of hydrogen-bond donors (Lipinski definition) is 1. The van der Waals surface area contributed by atoms with Crippen LogP contribution in [0.5, 0.6) is 0 Å². The first-order valence-corrected chi connectivity index (χ1v) is 7.21. The molecule has 1 aromatic carbocycles. The van der Waals surface area contributed by atoms with E-state index in [1.165, 1.54) is 12.7 Å². The first kappa shape index (κ1) is 16.6. The van der Waals surface area contributed by atoms with Gasteiger partial charge < -0.3 is 19.9 Å². The van der Waals surface area contributed by atoms with E-state index in [0.29, 0.717) is 0 Å². The molecule has 0 aliphatic rings. The number of methoxy groups -OCH3 is 1. The molecule has 0 saturated heterocycles. The van der Waals surface area contributed by atoms with Gasteiger partial charge in [0.25, 0.3) is 0 Å². The van der Waals surface area contributed by atoms with E-state index in [-0.39, 0.29) is 16.9 Å². The average Bonchev–Trinajstić information content (AvgIpc) is 2.89. The van der Waals surface area contributed by atoms with Crippen molar-refractivity contribution in [2.45, 2.75) is 6.42 Å². The molecule has 6 heteroatoms. The van der Waals surface area contributed by atoms with Crippen LogP contribution in [0.2, 0.25) is 0 Å². The fourth-order valence-corrected chi connectivity index (χ4v) is 2.29. The minimum absolute atomic E-state index is 0.135. The van der Waals surface area contributed by atoms with Gasteiger partial charge in [-0.25, -0.2) is 4.79 Å². The van der Waals surface area contributed by atoms with Crippen LogP contribution in [-0.4, -0.2) is 43.2 Å². The topological polar surface area (TPSA) is 84.3 Å². The second-order valence-corrected chi connectivity index (χ2v) is 5.50. The highest BCUT2D eigenvalue weighted by atomic mass is 16.5. The van der Waals surface area contributed by atoms with E-state index >= 15 is 0 Å². The predicted octanol–water partition coefficient (Wildman–Crippen LogP) is 1.82. The van der Waals surface area contributed by atoms with Gasteiger partial charge in [-0.15, -0.1) is 0 Å². The highest BCUT2D eigenvalue weighted by molar-refractivity contribution is 5.95. The zero-order chi connectivity index (χ0) is 17.0. The molecule has 0 spiro atoms. The van der Waals surface area contributed by atoms with E-state index in [0.717, 1.165) is 18.7 Å². The summed E-state index contributed by atoms with van der Waals surface area (Å²) in [5.41, 5.74) is 8.40. The Balaban J connectivity index is 2.38. The zero-order valence-corrected chi connectivity index (χ0v) is 13.5. The third-order valence-electron chi connectivity index (χ3n) is 3.61. The quantitative estimate of drug-likeness (QED) is 0.851. The molecule has 0 atom stereocenters. The van der Waals surface area contributed by atoms with Crippen molar-refractivity contribution in [1.29, 1.82) is 5.26 Å². The molecule has 2 aromatic rings. The fraction of sp³-hybridized carbons (Fsp3) is 0.294. The number of nitrogen functional groups attached to an aromatic ring is 1. The number of carbonyl (C=O) groups excluding carboxylic acids is 1. The molecular weight excluding hydrogens is 292 g/mol. The minimum atomic E-state index is -0.569. The summed E-state index contributed by atoms with van der Waals surface area (Å²) in [5, 5.41) is 9.12. The summed E-state index contributed by atoms with van der Waals surface area (Å²) < 4.78 is 6.36. The Morgan fingerprint density at radius 3 is 2.52 bits per heavy atom. The number of likely N-dealkylation sites (N-methyl/N-ethyl adjacent to an activating group) is 1. The first-order chi connectivity index (χ1) is 11.0. The number of rotatable bonds is 5. The summed E-state index contributed by atoms with van der Waals surface area (Å²) in [6.45, 7) is 0.960. The third-order valence-corrected chi connectivity index (χ3v) is 3.61. The molecule has 2 rings (SSSR count). The van der Waals surface area contributed by atoms with Gasteiger partial charge in [-0.05, 0) is 38.2 Å². The summed E-state index contributed by atoms with van der Waals surface area (Å²) in [6, 6.07) is 9.80. The van der Waals surface area contributed by atoms with E-state index in [1.807, 2.05) is 44.4 Å². The van der Waals surface area contributed by atoms with Crippen molar-refractivity contribution in [2.75, 3.05) is 33.5 Å². The van der Waals surface area contributed by atoms with Gasteiger partial charge >= 0.3 is 5.97 Å². The lowest BCUT2D eigenvalue weighted by atomic mass is 10.1. The lowest BCUT2D eigenvalue weighted by Gasteiger charge is -2.11. The van der Waals surface area contributed by atoms with Gasteiger partial charge in [0.1, 0.15) is 6.07 Å². The molecular formula is C17H20N4O2. The van der Waals surface area contributed by atoms with Gasteiger partial charge in [-0.2, -0.15) is 5.26 Å². The molecule has 0 bridgehead atoms. The van der Waals surface area contributed by atoms with E-state index in [4.69, 9.17) is 15.7 Å². The second kappa shape index (κ2) is 6.99. The van der Waals surface area contributed by atoms with E-state index in [2.05, 4.69) is 4.90 Å². The standard InChI is InChI=1S/C17H20N4O2/c1-20(2)9-8-12-4-6-14(7-5-12)21-11-13(10-18)15(19)16(21)17(22)23-3/h4-7,11H,8-9,19H2,1-3H3. The molecule has 0 amide bonds. The number of ether oxygens (including phenoxy) is 1. The maximum absolute atomic E-state index is 12.0. The molecule has 0 unspecified atom stereocenters. The molecule has 0 aliphatic carbocycles. The van der Waals surface area contributed by atoms with Crippen LogP contribution < -0.4 is 5.73 Å². The van der Waals surface area contributed by atoms with E-state index in [1.54, 1.807) is 10.8 Å². The number of nitriles is 1. The molecule has 0 saturated carbocycles. The summed E-state index contributed by atoms with van der Waals surface area (Å²) >= 11 is 0. The molecule has 0 fully saturated rings. The van der Waals surface area contributed by atoms with Gasteiger partial charge in [0.05, 0.1) is 18.4 Å². The number of carbonyl (C=O) groups is 1. The Morgan fingerprint density at radius 1 is 1.35 bits per heavy atom. The van der Waals surface area contributed by atoms with Gasteiger partial charge in [0, 0.05) is 18.4 Å². The van der Waals surface area contributed by atoms with Crippen molar-refractivity contribution in [3.05, 3.63) is 47.3 Å². The van der Waals surface area contributed by atoms with Crippen molar-refractivity contribution >= 4 is 11.7 Å². The third kappa shape index (κ3) is 3.52. The van der Waals surface area contributed by atoms with Crippen LogP contribution in [0.1, 0.15) is 21.6 Å². The Morgan fingerprint density at radius 2 is 2.00 bits per heavy atom. The summed E-state index contributed by atoms with van der Waals surface area (Å²) in [5.74, 6) is -0.569. The van der Waals surface area contributed by atoms with Crippen LogP contribution in [0.15, 0.2) is 30.5 Å². The Labute approximate surface area is 135 Å². The Bertz CT molecular complexity index is 739. The normalized spacial score (nSPS) is 10.6. The van der Waals surface area contributed by atoms with Crippen LogP contribution in [0, 0.1) is 11.3 Å². The molecule has 1 aromatic heterocycles. The molecule has 6 nitrogen and oxygen atoms in total. The number of hydrogen-bond acceptors (Lipinski definition) is 5. The SMILES string of the molecule is COC(=O)c1c(N)c(C#N)cn1-c1ccc(CCN(C)C)cc1. The zero-order valence-electron chi connectivity index (χ0n) is 13.5. The van der Waals surface area contributed by atoms with Crippen LogP contribution >= 0.6 is 0 Å². The highest BCUT2D eigenvalue weighted by Gasteiger charge is 2.21. The molecule has 23 heavy (non-hydrogen) atoms. The van der Waals surface area contributed by atoms with Gasteiger partial charge in [-0.3, -0.25) is 0 Å². The lowest BCUT2D eigenvalue weighted by molar-refractivity contribution is 0.0593.